The molecule has 0 unspecified atom stereocenters. The van der Waals surface area contributed by atoms with Crippen LogP contribution in [-0.4, -0.2) is 6.54 Å². The molecule has 0 amide bonds. The normalized spacial score (nSPS) is 136. The van der Waals surface area contributed by atoms with Gasteiger partial charge in [0, 0.05) is 0 Å². The van der Waals surface area contributed by atoms with E-state index >= 15 is 0 Å². The van der Waals surface area contributed by atoms with Crippen molar-refractivity contribution in [2.24, 2.45) is 5.73 Å². The monoisotopic (exact) mass is 231 g/mol. The summed E-state index contributed by atoms with van der Waals surface area (Å²) in [4.78, 5) is 15.9. The fraction of sp³-hybridized carbons (Fsp3) is 1.00. The molecular weight excluding hydrogens is 214 g/mol. The molecule has 14 heavy (non-hydrogen) atoms. The maximum atomic E-state index is 4.85. The molecule has 10 aliphatic heterocycles. The van der Waals surface area contributed by atoms with Crippen molar-refractivity contribution in [3.63, 3.8) is 0 Å². The van der Waals surface area contributed by atoms with Gasteiger partial charge in [-0.25, -0.2) is 0 Å². The molecule has 10 fully saturated rings. The van der Waals surface area contributed by atoms with Crippen molar-refractivity contribution in [1.82, 2.24) is 0 Å². The third kappa shape index (κ3) is 0.0409. The summed E-state index contributed by atoms with van der Waals surface area (Å²) in [6.45, 7) is 0.369. The molecule has 78 valence electrons. The van der Waals surface area contributed by atoms with Gasteiger partial charge >= 0.3 is 54.7 Å². The zero-order chi connectivity index (χ0) is 8.80. The third-order valence-electron chi connectivity index (χ3n) is 14.5. The van der Waals surface area contributed by atoms with Crippen LogP contribution in [0.4, 0.5) is 0 Å². The van der Waals surface area contributed by atoms with E-state index in [1.807, 2.05) is 6.92 Å². The van der Waals surface area contributed by atoms with Crippen molar-refractivity contribution in [3.05, 3.63) is 0 Å². The molecule has 10 saturated heterocycles. The molecule has 0 radical (unpaired) electrons. The molecule has 10 aliphatic rings. The molecule has 0 bridgehead atoms. The van der Waals surface area contributed by atoms with Crippen molar-refractivity contribution in [2.75, 3.05) is 6.54 Å². The van der Waals surface area contributed by atoms with Gasteiger partial charge in [0.05, 0.1) is 0 Å². The molecule has 1 nitrogen and oxygen atoms in total. The van der Waals surface area contributed by atoms with Gasteiger partial charge in [-0.3, -0.25) is 0 Å². The number of fused-ring (bicyclic) bond motifs is 10. The average Bonchev–Trinajstić information content (AvgIpc) is 3.15. The van der Waals surface area contributed by atoms with Gasteiger partial charge in [0.1, 0.15) is 0 Å². The van der Waals surface area contributed by atoms with Gasteiger partial charge < -0.3 is 5.73 Å². The van der Waals surface area contributed by atoms with Crippen LogP contribution in [0.2, 0.25) is 48.2 Å². The number of nitrogens with two attached hydrogens (primary N) is 1. The summed E-state index contributed by atoms with van der Waals surface area (Å²) < 4.78 is 0. The quantitative estimate of drug-likeness (QED) is 0.635. The molecule has 0 aromatic rings. The van der Waals surface area contributed by atoms with Crippen molar-refractivity contribution in [1.29, 1.82) is 0 Å². The first-order chi connectivity index (χ1) is 6.57. The van der Waals surface area contributed by atoms with Crippen LogP contribution < -0.4 is 5.73 Å². The first-order valence-electron chi connectivity index (χ1n) is 6.49. The Balaban J connectivity index is 0.000000151. The summed E-state index contributed by atoms with van der Waals surface area (Å²) in [5, 5.41) is 0. The van der Waals surface area contributed by atoms with Crippen molar-refractivity contribution in [3.8, 4) is 0 Å². The maximum absolute atomic E-state index is 4.85. The second kappa shape index (κ2) is 0.359. The minimum atomic E-state index is -2.28. The van der Waals surface area contributed by atoms with Gasteiger partial charge in [-0.15, -0.1) is 0 Å². The molecule has 0 atom stereocenters. The van der Waals surface area contributed by atoms with Crippen LogP contribution in [0, 0.1) is 0 Å². The average molecular weight is 231 g/mol. The molecular formula is C12H17FeN. The van der Waals surface area contributed by atoms with E-state index < -0.39 is 6.51 Å². The second-order valence-corrected chi connectivity index (χ2v) is 33.9. The van der Waals surface area contributed by atoms with E-state index in [9.17, 15) is 0 Å². The fourth-order valence-electron chi connectivity index (χ4n) is 15.8. The van der Waals surface area contributed by atoms with Gasteiger partial charge in [0.25, 0.3) is 0 Å². The van der Waals surface area contributed by atoms with Crippen LogP contribution in [0.25, 0.3) is 0 Å². The first-order valence-corrected chi connectivity index (χ1v) is 12.9. The summed E-state index contributed by atoms with van der Waals surface area (Å²) in [5.74, 6) is 0. The number of rotatable bonds is 0. The Bertz CT molecular complexity index is 593. The Hall–Kier alpha value is 0.479. The van der Waals surface area contributed by atoms with Crippen molar-refractivity contribution < 1.29 is 6.51 Å². The third-order valence-corrected chi connectivity index (χ3v) is 56.5. The standard InChI is InChI=1S/2C5H5.C2H7N.Fe/c2*1-2-4-5-3-1;1-2-3;/h2*1-5H;2-3H2,1H3;. The van der Waals surface area contributed by atoms with E-state index in [1.54, 1.807) is 48.2 Å². The van der Waals surface area contributed by atoms with Crippen LogP contribution in [0.1, 0.15) is 6.92 Å². The van der Waals surface area contributed by atoms with E-state index in [0.717, 1.165) is 6.54 Å². The predicted octanol–water partition coefficient (Wildman–Crippen LogP) is 3.34. The van der Waals surface area contributed by atoms with Gasteiger partial charge in [-0.05, 0) is 6.54 Å². The Labute approximate surface area is 74.1 Å². The van der Waals surface area contributed by atoms with Crippen LogP contribution >= 0.6 is 0 Å². The van der Waals surface area contributed by atoms with Crippen LogP contribution in [0.3, 0.4) is 0 Å². The Morgan fingerprint density at radius 2 is 0.857 bits per heavy atom. The minimum absolute atomic E-state index is 0.750. The second-order valence-electron chi connectivity index (χ2n) is 9.99. The Kier molecular flexibility index (Phi) is 0.133. The van der Waals surface area contributed by atoms with Gasteiger partial charge in [0.2, 0.25) is 0 Å². The fourth-order valence-corrected chi connectivity index (χ4v) is 88.0. The van der Waals surface area contributed by atoms with Gasteiger partial charge in [-0.1, -0.05) is 6.92 Å². The zero-order valence-corrected chi connectivity index (χ0v) is 9.52. The molecule has 0 aromatic carbocycles. The SMILES string of the molecule is CCN.[CH]12[CH]3[CH]4[CH]5[CH]1[Fe]23451678[CH]2[CH]1[CH]6[CH]7[CH]28. The van der Waals surface area contributed by atoms with Gasteiger partial charge in [0.15, 0.2) is 0 Å². The topological polar surface area (TPSA) is 26.0 Å². The van der Waals surface area contributed by atoms with E-state index in [2.05, 4.69) is 0 Å². The molecule has 2 N–H and O–H groups in total. The van der Waals surface area contributed by atoms with E-state index in [-0.39, 0.29) is 0 Å². The van der Waals surface area contributed by atoms with E-state index in [1.165, 1.54) is 0 Å². The Morgan fingerprint density at radius 1 is 0.714 bits per heavy atom. The first kappa shape index (κ1) is 5.21. The van der Waals surface area contributed by atoms with Crippen LogP contribution in [0.15, 0.2) is 0 Å². The predicted molar refractivity (Wildman–Crippen MR) is 52.2 cm³/mol. The summed E-state index contributed by atoms with van der Waals surface area (Å²) in [6.07, 6.45) is 0. The zero-order valence-electron chi connectivity index (χ0n) is 8.41. The number of hydrogen-bond acceptors (Lipinski definition) is 1. The summed E-state index contributed by atoms with van der Waals surface area (Å²) in [7, 11) is 0. The summed E-state index contributed by atoms with van der Waals surface area (Å²) in [5.41, 5.74) is 4.85. The molecule has 10 heterocycles. The molecule has 0 saturated carbocycles. The van der Waals surface area contributed by atoms with E-state index in [0.29, 0.717) is 0 Å². The molecule has 2 heteroatoms. The van der Waals surface area contributed by atoms with Crippen LogP contribution in [-0.2, 0) is 6.51 Å². The molecule has 0 aromatic heterocycles. The van der Waals surface area contributed by atoms with Crippen molar-refractivity contribution in [2.45, 2.75) is 55.1 Å². The summed E-state index contributed by atoms with van der Waals surface area (Å²) in [6, 6.07) is 0. The molecule has 10 rings (SSSR count). The van der Waals surface area contributed by atoms with Gasteiger partial charge in [-0.2, -0.15) is 0 Å². The Morgan fingerprint density at radius 3 is 0.857 bits per heavy atom. The van der Waals surface area contributed by atoms with E-state index in [4.69, 9.17) is 5.73 Å². The molecule has 1 spiro atoms. The van der Waals surface area contributed by atoms with Crippen LogP contribution in [0.5, 0.6) is 0 Å². The number of hydrogen-bond donors (Lipinski definition) is 1. The molecule has 0 aliphatic carbocycles. The van der Waals surface area contributed by atoms with Crippen molar-refractivity contribution >= 4 is 0 Å². The summed E-state index contributed by atoms with van der Waals surface area (Å²) >= 11 is 0.